The lowest BCUT2D eigenvalue weighted by atomic mass is 10.3. The van der Waals surface area contributed by atoms with Crippen LogP contribution in [0.4, 0.5) is 0 Å². The number of carbonyl (C=O) groups is 2. The number of thiazole rings is 1. The number of aromatic nitrogens is 1. The van der Waals surface area contributed by atoms with Gasteiger partial charge in [-0.1, -0.05) is 6.07 Å². The Hall–Kier alpha value is -1.73. The molecular weight excluding hydrogens is 296 g/mol. The third-order valence-electron chi connectivity index (χ3n) is 2.40. The van der Waals surface area contributed by atoms with Crippen LogP contribution >= 0.6 is 22.7 Å². The van der Waals surface area contributed by atoms with Gasteiger partial charge in [-0.25, -0.2) is 4.98 Å². The summed E-state index contributed by atoms with van der Waals surface area (Å²) in [6, 6.07) is 3.85. The lowest BCUT2D eigenvalue weighted by molar-refractivity contribution is -0.147. The van der Waals surface area contributed by atoms with Gasteiger partial charge in [0.15, 0.2) is 6.61 Å². The van der Waals surface area contributed by atoms with E-state index in [4.69, 9.17) is 4.74 Å². The fourth-order valence-corrected chi connectivity index (χ4v) is 2.74. The van der Waals surface area contributed by atoms with E-state index in [-0.39, 0.29) is 18.9 Å². The minimum atomic E-state index is -0.443. The number of hydrogen-bond donors (Lipinski definition) is 1. The molecular formula is C13H14N2O3S2. The van der Waals surface area contributed by atoms with Crippen LogP contribution in [-0.2, 0) is 27.3 Å². The summed E-state index contributed by atoms with van der Waals surface area (Å²) in [4.78, 5) is 28.2. The molecule has 1 N–H and O–H groups in total. The minimum absolute atomic E-state index is 0.0997. The average molecular weight is 310 g/mol. The largest absolute Gasteiger partial charge is 0.455 e. The highest BCUT2D eigenvalue weighted by molar-refractivity contribution is 7.10. The number of hydrogen-bond acceptors (Lipinski definition) is 6. The number of aryl methyl sites for hydroxylation is 1. The SMILES string of the molecule is Cc1nc(CC(=O)OCC(=O)NCc2cccs2)cs1. The smallest absolute Gasteiger partial charge is 0.312 e. The molecule has 2 rings (SSSR count). The van der Waals surface area contributed by atoms with Gasteiger partial charge in [-0.3, -0.25) is 9.59 Å². The van der Waals surface area contributed by atoms with Crippen LogP contribution in [0.3, 0.4) is 0 Å². The summed E-state index contributed by atoms with van der Waals surface area (Å²) < 4.78 is 4.90. The number of nitrogens with one attached hydrogen (secondary N) is 1. The van der Waals surface area contributed by atoms with Gasteiger partial charge in [0.25, 0.3) is 5.91 Å². The Kier molecular flexibility index (Phi) is 5.25. The van der Waals surface area contributed by atoms with Crippen molar-refractivity contribution in [2.45, 2.75) is 19.9 Å². The van der Waals surface area contributed by atoms with E-state index in [1.807, 2.05) is 29.8 Å². The fraction of sp³-hybridized carbons (Fsp3) is 0.308. The Balaban J connectivity index is 1.66. The molecule has 0 saturated carbocycles. The molecule has 0 saturated heterocycles. The maximum Gasteiger partial charge on any atom is 0.312 e. The van der Waals surface area contributed by atoms with Gasteiger partial charge < -0.3 is 10.1 Å². The summed E-state index contributed by atoms with van der Waals surface area (Å²) in [5.41, 5.74) is 0.677. The van der Waals surface area contributed by atoms with E-state index in [1.54, 1.807) is 11.3 Å². The van der Waals surface area contributed by atoms with E-state index < -0.39 is 5.97 Å². The van der Waals surface area contributed by atoms with Gasteiger partial charge in [0.2, 0.25) is 0 Å². The minimum Gasteiger partial charge on any atom is -0.455 e. The number of carbonyl (C=O) groups excluding carboxylic acids is 2. The summed E-state index contributed by atoms with van der Waals surface area (Å²) in [5.74, 6) is -0.747. The Morgan fingerprint density at radius 1 is 1.40 bits per heavy atom. The van der Waals surface area contributed by atoms with Crippen LogP contribution in [0.2, 0.25) is 0 Å². The molecule has 0 aliphatic rings. The maximum atomic E-state index is 11.5. The highest BCUT2D eigenvalue weighted by Gasteiger charge is 2.10. The fourth-order valence-electron chi connectivity index (χ4n) is 1.48. The van der Waals surface area contributed by atoms with Crippen molar-refractivity contribution in [2.24, 2.45) is 0 Å². The highest BCUT2D eigenvalue weighted by Crippen LogP contribution is 2.09. The monoisotopic (exact) mass is 310 g/mol. The predicted octanol–water partition coefficient (Wildman–Crippen LogP) is 1.92. The third-order valence-corrected chi connectivity index (χ3v) is 4.09. The summed E-state index contributed by atoms with van der Waals surface area (Å²) >= 11 is 3.04. The molecule has 0 radical (unpaired) electrons. The van der Waals surface area contributed by atoms with Crippen molar-refractivity contribution in [2.75, 3.05) is 6.61 Å². The van der Waals surface area contributed by atoms with Crippen molar-refractivity contribution in [3.8, 4) is 0 Å². The van der Waals surface area contributed by atoms with Crippen molar-refractivity contribution in [1.29, 1.82) is 0 Å². The summed E-state index contributed by atoms with van der Waals surface area (Å²) in [6.07, 6.45) is 0.0997. The Morgan fingerprint density at radius 3 is 2.90 bits per heavy atom. The van der Waals surface area contributed by atoms with Crippen LogP contribution in [-0.4, -0.2) is 23.5 Å². The Bertz CT molecular complexity index is 578. The van der Waals surface area contributed by atoms with Gasteiger partial charge in [0.1, 0.15) is 0 Å². The van der Waals surface area contributed by atoms with Crippen LogP contribution in [0.5, 0.6) is 0 Å². The zero-order valence-electron chi connectivity index (χ0n) is 10.9. The highest BCUT2D eigenvalue weighted by atomic mass is 32.1. The Morgan fingerprint density at radius 2 is 2.25 bits per heavy atom. The molecule has 0 aliphatic carbocycles. The number of ether oxygens (including phenoxy) is 1. The quantitative estimate of drug-likeness (QED) is 0.828. The molecule has 5 nitrogen and oxygen atoms in total. The van der Waals surface area contributed by atoms with Crippen LogP contribution < -0.4 is 5.32 Å². The van der Waals surface area contributed by atoms with Crippen LogP contribution in [0, 0.1) is 6.92 Å². The molecule has 20 heavy (non-hydrogen) atoms. The molecule has 0 aromatic carbocycles. The molecule has 0 aliphatic heterocycles. The van der Waals surface area contributed by atoms with Crippen LogP contribution in [0.1, 0.15) is 15.6 Å². The Labute approximate surface area is 124 Å². The van der Waals surface area contributed by atoms with E-state index in [9.17, 15) is 9.59 Å². The first kappa shape index (κ1) is 14.7. The maximum absolute atomic E-state index is 11.5. The molecule has 1 amide bonds. The van der Waals surface area contributed by atoms with Gasteiger partial charge in [-0.2, -0.15) is 0 Å². The first-order valence-electron chi connectivity index (χ1n) is 5.99. The van der Waals surface area contributed by atoms with Gasteiger partial charge >= 0.3 is 5.97 Å². The first-order valence-corrected chi connectivity index (χ1v) is 7.75. The summed E-state index contributed by atoms with van der Waals surface area (Å²) in [6.45, 7) is 2.07. The summed E-state index contributed by atoms with van der Waals surface area (Å²) in [5, 5.41) is 7.35. The molecule has 0 spiro atoms. The van der Waals surface area contributed by atoms with Crippen molar-refractivity contribution >= 4 is 34.6 Å². The second-order valence-corrected chi connectivity index (χ2v) is 6.15. The van der Waals surface area contributed by atoms with Gasteiger partial charge in [-0.05, 0) is 18.4 Å². The van der Waals surface area contributed by atoms with E-state index in [2.05, 4.69) is 10.3 Å². The molecule has 0 fully saturated rings. The molecule has 2 aromatic heterocycles. The molecule has 0 atom stereocenters. The average Bonchev–Trinajstić information content (AvgIpc) is 3.06. The molecule has 7 heteroatoms. The second-order valence-electron chi connectivity index (χ2n) is 4.05. The molecule has 2 heterocycles. The molecule has 2 aromatic rings. The number of rotatable bonds is 6. The lowest BCUT2D eigenvalue weighted by Crippen LogP contribution is -2.28. The zero-order chi connectivity index (χ0) is 14.4. The van der Waals surface area contributed by atoms with Crippen molar-refractivity contribution in [1.82, 2.24) is 10.3 Å². The van der Waals surface area contributed by atoms with Crippen LogP contribution in [0.15, 0.2) is 22.9 Å². The topological polar surface area (TPSA) is 68.3 Å². The standard InChI is InChI=1S/C13H14N2O3S2/c1-9-15-10(8-20-9)5-13(17)18-7-12(16)14-6-11-3-2-4-19-11/h2-4,8H,5-7H2,1H3,(H,14,16). The van der Waals surface area contributed by atoms with Crippen LogP contribution in [0.25, 0.3) is 0 Å². The van der Waals surface area contributed by atoms with E-state index in [0.717, 1.165) is 9.88 Å². The van der Waals surface area contributed by atoms with Gasteiger partial charge in [0.05, 0.1) is 23.7 Å². The molecule has 106 valence electrons. The molecule has 0 unspecified atom stereocenters. The zero-order valence-corrected chi connectivity index (χ0v) is 12.6. The number of nitrogens with zero attached hydrogens (tertiary/aromatic N) is 1. The van der Waals surface area contributed by atoms with Crippen molar-refractivity contribution in [3.63, 3.8) is 0 Å². The molecule has 0 bridgehead atoms. The summed E-state index contributed by atoms with van der Waals surface area (Å²) in [7, 11) is 0. The van der Waals surface area contributed by atoms with Gasteiger partial charge in [0, 0.05) is 10.3 Å². The van der Waals surface area contributed by atoms with E-state index >= 15 is 0 Å². The van der Waals surface area contributed by atoms with E-state index in [1.165, 1.54) is 11.3 Å². The second kappa shape index (κ2) is 7.16. The van der Waals surface area contributed by atoms with Crippen molar-refractivity contribution in [3.05, 3.63) is 38.5 Å². The predicted molar refractivity (Wildman–Crippen MR) is 77.7 cm³/mol. The van der Waals surface area contributed by atoms with Crippen molar-refractivity contribution < 1.29 is 14.3 Å². The number of thiophene rings is 1. The van der Waals surface area contributed by atoms with Gasteiger partial charge in [-0.15, -0.1) is 22.7 Å². The first-order chi connectivity index (χ1) is 9.63. The number of esters is 1. The normalized spacial score (nSPS) is 10.2. The lowest BCUT2D eigenvalue weighted by Gasteiger charge is -2.05. The third kappa shape index (κ3) is 4.75. The number of amides is 1. The van der Waals surface area contributed by atoms with E-state index in [0.29, 0.717) is 12.2 Å².